The van der Waals surface area contributed by atoms with Crippen LogP contribution in [0.25, 0.3) is 0 Å². The molecule has 3 heterocycles. The molecule has 2 aliphatic rings. The van der Waals surface area contributed by atoms with Crippen LogP contribution in [0.2, 0.25) is 0 Å². The molecule has 3 rings (SSSR count). The Kier molecular flexibility index (Phi) is 1.73. The van der Waals surface area contributed by atoms with E-state index in [1.165, 1.54) is 0 Å². The van der Waals surface area contributed by atoms with Crippen molar-refractivity contribution < 1.29 is 9.52 Å². The van der Waals surface area contributed by atoms with Crippen molar-refractivity contribution in [2.24, 2.45) is 5.92 Å². The van der Waals surface area contributed by atoms with Crippen LogP contribution in [-0.2, 0) is 5.60 Å². The fraction of sp³-hybridized carbons (Fsp3) is 0.636. The predicted octanol–water partition coefficient (Wildman–Crippen LogP) is 1.19. The summed E-state index contributed by atoms with van der Waals surface area (Å²) < 4.78 is 5.07. The van der Waals surface area contributed by atoms with E-state index in [2.05, 4.69) is 4.90 Å². The number of aliphatic hydroxyl groups is 1. The van der Waals surface area contributed by atoms with Gasteiger partial charge in [0, 0.05) is 24.6 Å². The Hall–Kier alpha value is -0.800. The lowest BCUT2D eigenvalue weighted by Crippen LogP contribution is -2.43. The highest BCUT2D eigenvalue weighted by molar-refractivity contribution is 5.20. The average molecular weight is 193 g/mol. The van der Waals surface area contributed by atoms with Gasteiger partial charge in [-0.1, -0.05) is 0 Å². The highest BCUT2D eigenvalue weighted by Crippen LogP contribution is 2.42. The summed E-state index contributed by atoms with van der Waals surface area (Å²) in [5, 5.41) is 10.6. The van der Waals surface area contributed by atoms with E-state index in [-0.39, 0.29) is 0 Å². The van der Waals surface area contributed by atoms with Gasteiger partial charge in [-0.15, -0.1) is 0 Å². The number of fused-ring (bicyclic) bond motifs is 2. The summed E-state index contributed by atoms with van der Waals surface area (Å²) >= 11 is 0. The molecular weight excluding hydrogens is 178 g/mol. The molecule has 1 aromatic rings. The summed E-state index contributed by atoms with van der Waals surface area (Å²) in [4.78, 5) is 2.43. The Labute approximate surface area is 83.3 Å². The summed E-state index contributed by atoms with van der Waals surface area (Å²) in [5.74, 6) is 0.397. The van der Waals surface area contributed by atoms with E-state index in [1.54, 1.807) is 12.5 Å². The molecule has 3 nitrogen and oxygen atoms in total. The standard InChI is InChI=1S/C11H15NO2/c13-11(10-2-6-14-8-10)3-5-12-4-1-9(11)7-12/h2,6,8-9,13H,1,3-5,7H2. The minimum atomic E-state index is -0.625. The number of hydrogen-bond acceptors (Lipinski definition) is 3. The maximum absolute atomic E-state index is 10.6. The Morgan fingerprint density at radius 2 is 2.43 bits per heavy atom. The van der Waals surface area contributed by atoms with Gasteiger partial charge >= 0.3 is 0 Å². The fourth-order valence-corrected chi connectivity index (χ4v) is 2.85. The van der Waals surface area contributed by atoms with Crippen molar-refractivity contribution in [2.75, 3.05) is 19.6 Å². The van der Waals surface area contributed by atoms with Crippen molar-refractivity contribution in [2.45, 2.75) is 18.4 Å². The van der Waals surface area contributed by atoms with Crippen molar-refractivity contribution in [3.05, 3.63) is 24.2 Å². The molecule has 14 heavy (non-hydrogen) atoms. The van der Waals surface area contributed by atoms with Crippen molar-refractivity contribution >= 4 is 0 Å². The number of piperidine rings is 1. The quantitative estimate of drug-likeness (QED) is 0.728. The largest absolute Gasteiger partial charge is 0.472 e. The first-order chi connectivity index (χ1) is 6.79. The Bertz CT molecular complexity index is 322. The minimum absolute atomic E-state index is 0.397. The van der Waals surface area contributed by atoms with Crippen molar-refractivity contribution in [1.29, 1.82) is 0 Å². The van der Waals surface area contributed by atoms with Crippen molar-refractivity contribution in [3.63, 3.8) is 0 Å². The molecule has 2 saturated heterocycles. The van der Waals surface area contributed by atoms with E-state index < -0.39 is 5.60 Å². The lowest BCUT2D eigenvalue weighted by Gasteiger charge is -2.38. The van der Waals surface area contributed by atoms with Gasteiger partial charge in [0.15, 0.2) is 0 Å². The number of furan rings is 1. The zero-order valence-corrected chi connectivity index (χ0v) is 8.15. The van der Waals surface area contributed by atoms with Gasteiger partial charge in [-0.05, 0) is 25.5 Å². The number of hydrogen-bond donors (Lipinski definition) is 1. The molecule has 3 heteroatoms. The molecule has 0 spiro atoms. The Balaban J connectivity index is 1.95. The summed E-state index contributed by atoms with van der Waals surface area (Å²) in [6.45, 7) is 3.20. The lowest BCUT2D eigenvalue weighted by molar-refractivity contribution is -0.0506. The number of rotatable bonds is 1. The second-order valence-corrected chi connectivity index (χ2v) is 4.47. The zero-order chi connectivity index (χ0) is 9.60. The van der Waals surface area contributed by atoms with Crippen LogP contribution in [0.4, 0.5) is 0 Å². The first-order valence-corrected chi connectivity index (χ1v) is 5.26. The molecule has 3 unspecified atom stereocenters. The van der Waals surface area contributed by atoms with Gasteiger partial charge in [-0.3, -0.25) is 0 Å². The van der Waals surface area contributed by atoms with Gasteiger partial charge in [0.2, 0.25) is 0 Å². The maximum Gasteiger partial charge on any atom is 0.0980 e. The molecule has 0 aromatic carbocycles. The zero-order valence-electron chi connectivity index (χ0n) is 8.15. The maximum atomic E-state index is 10.6. The van der Waals surface area contributed by atoms with Gasteiger partial charge in [-0.2, -0.15) is 0 Å². The van der Waals surface area contributed by atoms with Crippen LogP contribution >= 0.6 is 0 Å². The molecule has 2 aliphatic heterocycles. The molecule has 0 saturated carbocycles. The minimum Gasteiger partial charge on any atom is -0.472 e. The van der Waals surface area contributed by atoms with Crippen molar-refractivity contribution in [3.8, 4) is 0 Å². The molecule has 1 N–H and O–H groups in total. The highest BCUT2D eigenvalue weighted by atomic mass is 16.3. The Morgan fingerprint density at radius 1 is 1.50 bits per heavy atom. The SMILES string of the molecule is OC1(c2ccoc2)CCN2CCC1C2. The van der Waals surface area contributed by atoms with E-state index in [0.717, 1.165) is 38.0 Å². The number of nitrogens with zero attached hydrogens (tertiary/aromatic N) is 1. The van der Waals surface area contributed by atoms with Crippen LogP contribution in [0.3, 0.4) is 0 Å². The second kappa shape index (κ2) is 2.84. The Morgan fingerprint density at radius 3 is 3.21 bits per heavy atom. The van der Waals surface area contributed by atoms with Crippen LogP contribution in [0.1, 0.15) is 18.4 Å². The highest BCUT2D eigenvalue weighted by Gasteiger charge is 2.46. The molecule has 76 valence electrons. The third kappa shape index (κ3) is 1.06. The van der Waals surface area contributed by atoms with Gasteiger partial charge in [0.05, 0.1) is 18.1 Å². The summed E-state index contributed by atoms with van der Waals surface area (Å²) in [6, 6.07) is 1.90. The molecule has 2 fully saturated rings. The molecular formula is C11H15NO2. The third-order valence-electron chi connectivity index (χ3n) is 3.78. The summed E-state index contributed by atoms with van der Waals surface area (Å²) in [5.41, 5.74) is 0.337. The lowest BCUT2D eigenvalue weighted by atomic mass is 9.78. The normalized spacial score (nSPS) is 41.5. The molecule has 3 atom stereocenters. The smallest absolute Gasteiger partial charge is 0.0980 e. The monoisotopic (exact) mass is 193 g/mol. The van der Waals surface area contributed by atoms with Crippen LogP contribution in [0.15, 0.2) is 23.0 Å². The van der Waals surface area contributed by atoms with E-state index in [0.29, 0.717) is 5.92 Å². The van der Waals surface area contributed by atoms with Gasteiger partial charge in [0.1, 0.15) is 0 Å². The fourth-order valence-electron chi connectivity index (χ4n) is 2.85. The van der Waals surface area contributed by atoms with E-state index >= 15 is 0 Å². The van der Waals surface area contributed by atoms with E-state index in [1.807, 2.05) is 6.07 Å². The third-order valence-corrected chi connectivity index (χ3v) is 3.78. The van der Waals surface area contributed by atoms with Crippen LogP contribution in [-0.4, -0.2) is 29.6 Å². The molecule has 2 bridgehead atoms. The summed E-state index contributed by atoms with van der Waals surface area (Å²) in [7, 11) is 0. The van der Waals surface area contributed by atoms with E-state index in [9.17, 15) is 5.11 Å². The summed E-state index contributed by atoms with van der Waals surface area (Å²) in [6.07, 6.45) is 5.29. The molecule has 0 aliphatic carbocycles. The van der Waals surface area contributed by atoms with Crippen LogP contribution in [0.5, 0.6) is 0 Å². The van der Waals surface area contributed by atoms with E-state index in [4.69, 9.17) is 4.42 Å². The van der Waals surface area contributed by atoms with Crippen LogP contribution < -0.4 is 0 Å². The molecule has 1 aromatic heterocycles. The molecule has 0 amide bonds. The molecule has 0 radical (unpaired) electrons. The topological polar surface area (TPSA) is 36.6 Å². The van der Waals surface area contributed by atoms with Crippen molar-refractivity contribution in [1.82, 2.24) is 4.90 Å². The predicted molar refractivity (Wildman–Crippen MR) is 51.8 cm³/mol. The first-order valence-electron chi connectivity index (χ1n) is 5.26. The van der Waals surface area contributed by atoms with Crippen LogP contribution in [0, 0.1) is 5.92 Å². The average Bonchev–Trinajstić information content (AvgIpc) is 2.84. The second-order valence-electron chi connectivity index (χ2n) is 4.47. The van der Waals surface area contributed by atoms with Gasteiger partial charge < -0.3 is 14.4 Å². The first kappa shape index (κ1) is 8.50. The van der Waals surface area contributed by atoms with Gasteiger partial charge in [0.25, 0.3) is 0 Å². The van der Waals surface area contributed by atoms with Gasteiger partial charge in [-0.25, -0.2) is 0 Å².